The van der Waals surface area contributed by atoms with Crippen LogP contribution in [0.25, 0.3) is 11.4 Å². The average Bonchev–Trinajstić information content (AvgIpc) is 3.09. The average molecular weight is 404 g/mol. The van der Waals surface area contributed by atoms with E-state index in [-0.39, 0.29) is 0 Å². The van der Waals surface area contributed by atoms with Crippen molar-refractivity contribution in [1.82, 2.24) is 10.1 Å². The maximum atomic E-state index is 5.38. The van der Waals surface area contributed by atoms with Gasteiger partial charge >= 0.3 is 0 Å². The molecule has 0 aliphatic carbocycles. The smallest absolute Gasteiger partial charge is 0.246 e. The number of ether oxygens (including phenoxy) is 2. The maximum Gasteiger partial charge on any atom is 0.246 e. The molecule has 6 nitrogen and oxygen atoms in total. The van der Waals surface area contributed by atoms with E-state index >= 15 is 0 Å². The van der Waals surface area contributed by atoms with Crippen LogP contribution in [0.2, 0.25) is 0 Å². The highest BCUT2D eigenvalue weighted by molar-refractivity contribution is 9.10. The molecule has 0 amide bonds. The van der Waals surface area contributed by atoms with Crippen LogP contribution in [0.5, 0.6) is 11.5 Å². The summed E-state index contributed by atoms with van der Waals surface area (Å²) in [4.78, 5) is 4.43. The second kappa shape index (κ2) is 7.57. The summed E-state index contributed by atoms with van der Waals surface area (Å²) < 4.78 is 16.9. The lowest BCUT2D eigenvalue weighted by Gasteiger charge is -2.07. The Morgan fingerprint density at radius 3 is 2.68 bits per heavy atom. The Labute approximate surface area is 154 Å². The molecule has 7 heteroatoms. The van der Waals surface area contributed by atoms with Gasteiger partial charge in [-0.15, -0.1) is 0 Å². The van der Waals surface area contributed by atoms with Gasteiger partial charge in [-0.25, -0.2) is 0 Å². The second-order valence-electron chi connectivity index (χ2n) is 5.41. The van der Waals surface area contributed by atoms with Gasteiger partial charge in [-0.3, -0.25) is 0 Å². The largest absolute Gasteiger partial charge is 0.497 e. The number of hydrogen-bond acceptors (Lipinski definition) is 6. The Balaban J connectivity index is 1.76. The molecule has 0 aliphatic heterocycles. The lowest BCUT2D eigenvalue weighted by Crippen LogP contribution is -2.00. The molecule has 0 aliphatic rings. The zero-order chi connectivity index (χ0) is 17.8. The second-order valence-corrected chi connectivity index (χ2v) is 6.27. The highest BCUT2D eigenvalue weighted by Gasteiger charge is 2.14. The summed E-state index contributed by atoms with van der Waals surface area (Å²) in [6.45, 7) is 2.47. The molecule has 0 fully saturated rings. The number of methoxy groups -OCH3 is 2. The maximum absolute atomic E-state index is 5.38. The van der Waals surface area contributed by atoms with Crippen molar-refractivity contribution < 1.29 is 14.0 Å². The zero-order valence-corrected chi connectivity index (χ0v) is 15.8. The molecule has 0 radical (unpaired) electrons. The number of anilines is 1. The SMILES string of the molecule is COc1ccc(-c2noc(CNc3ccc(C)cc3Br)n2)c(OC)c1. The van der Waals surface area contributed by atoms with E-state index in [1.807, 2.05) is 37.3 Å². The topological polar surface area (TPSA) is 69.4 Å². The molecular weight excluding hydrogens is 386 g/mol. The molecule has 130 valence electrons. The van der Waals surface area contributed by atoms with E-state index < -0.39 is 0 Å². The molecule has 1 heterocycles. The highest BCUT2D eigenvalue weighted by atomic mass is 79.9. The van der Waals surface area contributed by atoms with Crippen LogP contribution in [-0.2, 0) is 6.54 Å². The number of rotatable bonds is 6. The van der Waals surface area contributed by atoms with E-state index in [1.54, 1.807) is 20.3 Å². The molecule has 0 saturated heterocycles. The summed E-state index contributed by atoms with van der Waals surface area (Å²) in [5, 5.41) is 7.31. The fourth-order valence-corrected chi connectivity index (χ4v) is 2.99. The van der Waals surface area contributed by atoms with E-state index in [0.717, 1.165) is 15.7 Å². The summed E-state index contributed by atoms with van der Waals surface area (Å²) in [6, 6.07) is 11.5. The van der Waals surface area contributed by atoms with Gasteiger partial charge in [0.15, 0.2) is 0 Å². The van der Waals surface area contributed by atoms with Crippen LogP contribution in [0.3, 0.4) is 0 Å². The zero-order valence-electron chi connectivity index (χ0n) is 14.2. The minimum Gasteiger partial charge on any atom is -0.497 e. The Morgan fingerprint density at radius 1 is 1.12 bits per heavy atom. The minimum atomic E-state index is 0.424. The Morgan fingerprint density at radius 2 is 1.96 bits per heavy atom. The number of nitrogens with zero attached hydrogens (tertiary/aromatic N) is 2. The third-order valence-electron chi connectivity index (χ3n) is 3.67. The van der Waals surface area contributed by atoms with Gasteiger partial charge in [0.05, 0.1) is 26.3 Å². The summed E-state index contributed by atoms with van der Waals surface area (Å²) in [7, 11) is 3.20. The molecule has 25 heavy (non-hydrogen) atoms. The first kappa shape index (κ1) is 17.3. The normalized spacial score (nSPS) is 10.6. The first-order valence-electron chi connectivity index (χ1n) is 7.65. The molecule has 3 aromatic rings. The molecule has 1 N–H and O–H groups in total. The van der Waals surface area contributed by atoms with Gasteiger partial charge in [-0.2, -0.15) is 4.98 Å². The predicted octanol–water partition coefficient (Wildman–Crippen LogP) is 4.44. The van der Waals surface area contributed by atoms with Crippen LogP contribution in [0.15, 0.2) is 45.4 Å². The molecule has 1 aromatic heterocycles. The number of aryl methyl sites for hydroxylation is 1. The predicted molar refractivity (Wildman–Crippen MR) is 99.0 cm³/mol. The van der Waals surface area contributed by atoms with E-state index in [4.69, 9.17) is 14.0 Å². The van der Waals surface area contributed by atoms with Gasteiger partial charge in [0.25, 0.3) is 0 Å². The molecule has 0 atom stereocenters. The van der Waals surface area contributed by atoms with Gasteiger partial charge in [0, 0.05) is 16.2 Å². The van der Waals surface area contributed by atoms with Crippen molar-refractivity contribution in [2.45, 2.75) is 13.5 Å². The van der Waals surface area contributed by atoms with Crippen molar-refractivity contribution in [3.63, 3.8) is 0 Å². The van der Waals surface area contributed by atoms with Crippen molar-refractivity contribution in [1.29, 1.82) is 0 Å². The third-order valence-corrected chi connectivity index (χ3v) is 4.33. The van der Waals surface area contributed by atoms with Crippen LogP contribution < -0.4 is 14.8 Å². The number of hydrogen-bond donors (Lipinski definition) is 1. The van der Waals surface area contributed by atoms with Crippen LogP contribution in [0, 0.1) is 6.92 Å². The summed E-state index contributed by atoms with van der Waals surface area (Å²) >= 11 is 3.54. The number of nitrogens with one attached hydrogen (secondary N) is 1. The third kappa shape index (κ3) is 3.93. The van der Waals surface area contributed by atoms with E-state index in [0.29, 0.717) is 29.8 Å². The number of aromatic nitrogens is 2. The molecule has 0 saturated carbocycles. The number of benzene rings is 2. The van der Waals surface area contributed by atoms with Crippen molar-refractivity contribution >= 4 is 21.6 Å². The monoisotopic (exact) mass is 403 g/mol. The first-order chi connectivity index (χ1) is 12.1. The Bertz CT molecular complexity index is 880. The van der Waals surface area contributed by atoms with Gasteiger partial charge in [0.1, 0.15) is 11.5 Å². The summed E-state index contributed by atoms with van der Waals surface area (Å²) in [5.41, 5.74) is 2.89. The summed E-state index contributed by atoms with van der Waals surface area (Å²) in [6.07, 6.45) is 0. The van der Waals surface area contributed by atoms with Gasteiger partial charge in [-0.1, -0.05) is 11.2 Å². The van der Waals surface area contributed by atoms with E-state index in [1.165, 1.54) is 5.56 Å². The van der Waals surface area contributed by atoms with Gasteiger partial charge < -0.3 is 19.3 Å². The molecule has 0 spiro atoms. The molecule has 3 rings (SSSR count). The van der Waals surface area contributed by atoms with Crippen molar-refractivity contribution in [2.24, 2.45) is 0 Å². The van der Waals surface area contributed by atoms with Crippen molar-refractivity contribution in [3.05, 3.63) is 52.3 Å². The lowest BCUT2D eigenvalue weighted by molar-refractivity contribution is 0.382. The molecule has 0 unspecified atom stereocenters. The number of halogens is 1. The van der Waals surface area contributed by atoms with Crippen molar-refractivity contribution in [2.75, 3.05) is 19.5 Å². The quantitative estimate of drug-likeness (QED) is 0.655. The Kier molecular flexibility index (Phi) is 5.23. The van der Waals surface area contributed by atoms with Crippen LogP contribution >= 0.6 is 15.9 Å². The molecular formula is C18H18BrN3O3. The fourth-order valence-electron chi connectivity index (χ4n) is 2.35. The summed E-state index contributed by atoms with van der Waals surface area (Å²) in [5.74, 6) is 2.29. The fraction of sp³-hybridized carbons (Fsp3) is 0.222. The Hall–Kier alpha value is -2.54. The van der Waals surface area contributed by atoms with Crippen LogP contribution in [-0.4, -0.2) is 24.4 Å². The van der Waals surface area contributed by atoms with Gasteiger partial charge in [0.2, 0.25) is 11.7 Å². The van der Waals surface area contributed by atoms with Crippen LogP contribution in [0.1, 0.15) is 11.5 Å². The first-order valence-corrected chi connectivity index (χ1v) is 8.45. The minimum absolute atomic E-state index is 0.424. The standard InChI is InChI=1S/C18H18BrN3O3/c1-11-4-7-15(14(19)8-11)20-10-17-21-18(22-25-17)13-6-5-12(23-2)9-16(13)24-3/h4-9,20H,10H2,1-3H3. The van der Waals surface area contributed by atoms with Crippen LogP contribution in [0.4, 0.5) is 5.69 Å². The molecule has 2 aromatic carbocycles. The van der Waals surface area contributed by atoms with E-state index in [2.05, 4.69) is 31.4 Å². The molecule has 0 bridgehead atoms. The van der Waals surface area contributed by atoms with E-state index in [9.17, 15) is 0 Å². The lowest BCUT2D eigenvalue weighted by atomic mass is 10.2. The van der Waals surface area contributed by atoms with Gasteiger partial charge in [-0.05, 0) is 52.7 Å². The highest BCUT2D eigenvalue weighted by Crippen LogP contribution is 2.31. The van der Waals surface area contributed by atoms with Crippen molar-refractivity contribution in [3.8, 4) is 22.9 Å².